The molecule has 122 valence electrons. The zero-order valence-corrected chi connectivity index (χ0v) is 14.5. The average molecular weight is 331 g/mol. The number of nitrogens with zero attached hydrogens (tertiary/aromatic N) is 3. The number of rotatable bonds is 3. The van der Waals surface area contributed by atoms with Gasteiger partial charge in [0.25, 0.3) is 5.91 Å². The average Bonchev–Trinajstić information content (AvgIpc) is 2.92. The zero-order chi connectivity index (χ0) is 16.4. The molecule has 1 amide bonds. The number of thiophene rings is 1. The molecule has 3 rings (SSSR count). The molecule has 0 saturated carbocycles. The van der Waals surface area contributed by atoms with E-state index >= 15 is 0 Å². The molecule has 0 N–H and O–H groups in total. The van der Waals surface area contributed by atoms with Crippen LogP contribution in [0.1, 0.15) is 39.5 Å². The van der Waals surface area contributed by atoms with Gasteiger partial charge in [-0.25, -0.2) is 9.97 Å². The lowest BCUT2D eigenvalue weighted by Crippen LogP contribution is -2.44. The smallest absolute Gasteiger partial charge is 0.317 e. The lowest BCUT2D eigenvalue weighted by molar-refractivity contribution is 0.0519. The molecule has 1 fully saturated rings. The Kier molecular flexibility index (Phi) is 4.61. The first-order chi connectivity index (χ1) is 11.0. The molecule has 0 aromatic carbocycles. The number of amides is 1. The zero-order valence-electron chi connectivity index (χ0n) is 13.7. The summed E-state index contributed by atoms with van der Waals surface area (Å²) < 4.78 is 5.93. The van der Waals surface area contributed by atoms with E-state index in [0.717, 1.165) is 41.2 Å². The number of hydrogen-bond donors (Lipinski definition) is 0. The Morgan fingerprint density at radius 2 is 2.00 bits per heavy atom. The molecule has 23 heavy (non-hydrogen) atoms. The molecule has 5 nitrogen and oxygen atoms in total. The molecule has 1 aliphatic heterocycles. The van der Waals surface area contributed by atoms with Crippen molar-refractivity contribution in [1.82, 2.24) is 14.9 Å². The Balaban J connectivity index is 1.67. The van der Waals surface area contributed by atoms with E-state index in [4.69, 9.17) is 4.74 Å². The molecule has 1 aliphatic rings. The second-order valence-corrected chi connectivity index (χ2v) is 6.97. The Hall–Kier alpha value is -1.95. The third kappa shape index (κ3) is 3.88. The molecule has 1 saturated heterocycles. The Bertz CT molecular complexity index is 693. The van der Waals surface area contributed by atoms with Crippen LogP contribution in [0.4, 0.5) is 0 Å². The molecule has 2 aromatic rings. The van der Waals surface area contributed by atoms with E-state index in [1.165, 1.54) is 11.3 Å². The SMILES string of the molecule is Cc1csc(C(=O)N2CCC[C@@H](Oc3nc(C)cc(C)n3)C2)c1. The van der Waals surface area contributed by atoms with Crippen LogP contribution in [0.15, 0.2) is 17.5 Å². The summed E-state index contributed by atoms with van der Waals surface area (Å²) in [4.78, 5) is 23.9. The lowest BCUT2D eigenvalue weighted by Gasteiger charge is -2.32. The van der Waals surface area contributed by atoms with Crippen molar-refractivity contribution in [2.75, 3.05) is 13.1 Å². The van der Waals surface area contributed by atoms with E-state index in [-0.39, 0.29) is 12.0 Å². The first kappa shape index (κ1) is 15.9. The van der Waals surface area contributed by atoms with Crippen molar-refractivity contribution >= 4 is 17.2 Å². The fourth-order valence-corrected chi connectivity index (χ4v) is 3.68. The minimum Gasteiger partial charge on any atom is -0.458 e. The van der Waals surface area contributed by atoms with Crippen LogP contribution in [-0.2, 0) is 0 Å². The highest BCUT2D eigenvalue weighted by Gasteiger charge is 2.27. The van der Waals surface area contributed by atoms with Crippen molar-refractivity contribution in [3.8, 4) is 6.01 Å². The first-order valence-electron chi connectivity index (χ1n) is 7.84. The predicted octanol–water partition coefficient (Wildman–Crippen LogP) is 3.15. The van der Waals surface area contributed by atoms with Gasteiger partial charge < -0.3 is 9.64 Å². The third-order valence-corrected chi connectivity index (χ3v) is 4.88. The molecule has 6 heteroatoms. The van der Waals surface area contributed by atoms with Crippen LogP contribution in [-0.4, -0.2) is 40.0 Å². The number of aryl methyl sites for hydroxylation is 3. The van der Waals surface area contributed by atoms with Gasteiger partial charge in [-0.15, -0.1) is 11.3 Å². The molecular formula is C17H21N3O2S. The summed E-state index contributed by atoms with van der Waals surface area (Å²) in [5.41, 5.74) is 2.92. The van der Waals surface area contributed by atoms with Gasteiger partial charge >= 0.3 is 6.01 Å². The van der Waals surface area contributed by atoms with Crippen LogP contribution in [0, 0.1) is 20.8 Å². The molecule has 0 bridgehead atoms. The molecule has 0 unspecified atom stereocenters. The maximum atomic E-state index is 12.6. The van der Waals surface area contributed by atoms with E-state index in [0.29, 0.717) is 12.6 Å². The van der Waals surface area contributed by atoms with Crippen LogP contribution >= 0.6 is 11.3 Å². The largest absolute Gasteiger partial charge is 0.458 e. The standard InChI is InChI=1S/C17H21N3O2S/c1-11-7-15(23-10-11)16(21)20-6-4-5-14(9-20)22-17-18-12(2)8-13(3)19-17/h7-8,10,14H,4-6,9H2,1-3H3/t14-/m1/s1. The van der Waals surface area contributed by atoms with Crippen LogP contribution in [0.5, 0.6) is 6.01 Å². The number of ether oxygens (including phenoxy) is 1. The summed E-state index contributed by atoms with van der Waals surface area (Å²) in [6.45, 7) is 7.23. The summed E-state index contributed by atoms with van der Waals surface area (Å²) in [6, 6.07) is 4.28. The van der Waals surface area contributed by atoms with Gasteiger partial charge in [0.2, 0.25) is 0 Å². The van der Waals surface area contributed by atoms with E-state index in [2.05, 4.69) is 9.97 Å². The van der Waals surface area contributed by atoms with Gasteiger partial charge in [-0.2, -0.15) is 0 Å². The Labute approximate surface area is 140 Å². The van der Waals surface area contributed by atoms with Gasteiger partial charge in [0, 0.05) is 17.9 Å². The molecule has 0 radical (unpaired) electrons. The molecular weight excluding hydrogens is 310 g/mol. The number of likely N-dealkylation sites (tertiary alicyclic amines) is 1. The van der Waals surface area contributed by atoms with Crippen LogP contribution < -0.4 is 4.74 Å². The van der Waals surface area contributed by atoms with Crippen LogP contribution in [0.2, 0.25) is 0 Å². The first-order valence-corrected chi connectivity index (χ1v) is 8.72. The highest BCUT2D eigenvalue weighted by atomic mass is 32.1. The van der Waals surface area contributed by atoms with Crippen molar-refractivity contribution in [1.29, 1.82) is 0 Å². The molecule has 2 aromatic heterocycles. The van der Waals surface area contributed by atoms with Crippen LogP contribution in [0.25, 0.3) is 0 Å². The van der Waals surface area contributed by atoms with Gasteiger partial charge in [-0.05, 0) is 56.7 Å². The van der Waals surface area contributed by atoms with Crippen molar-refractivity contribution in [2.24, 2.45) is 0 Å². The normalized spacial score (nSPS) is 18.0. The lowest BCUT2D eigenvalue weighted by atomic mass is 10.1. The fraction of sp³-hybridized carbons (Fsp3) is 0.471. The van der Waals surface area contributed by atoms with Crippen molar-refractivity contribution in [2.45, 2.75) is 39.7 Å². The van der Waals surface area contributed by atoms with E-state index in [9.17, 15) is 4.79 Å². The molecule has 3 heterocycles. The monoisotopic (exact) mass is 331 g/mol. The number of carbonyl (C=O) groups excluding carboxylic acids is 1. The number of carbonyl (C=O) groups is 1. The summed E-state index contributed by atoms with van der Waals surface area (Å²) >= 11 is 1.50. The maximum Gasteiger partial charge on any atom is 0.317 e. The molecule has 0 aliphatic carbocycles. The fourth-order valence-electron chi connectivity index (χ4n) is 2.81. The maximum absolute atomic E-state index is 12.6. The topological polar surface area (TPSA) is 55.3 Å². The Morgan fingerprint density at radius 1 is 1.26 bits per heavy atom. The van der Waals surface area contributed by atoms with Crippen LogP contribution in [0.3, 0.4) is 0 Å². The summed E-state index contributed by atoms with van der Waals surface area (Å²) in [5.74, 6) is 0.0951. The Morgan fingerprint density at radius 3 is 2.65 bits per heavy atom. The quantitative estimate of drug-likeness (QED) is 0.867. The van der Waals surface area contributed by atoms with Gasteiger partial charge in [0.1, 0.15) is 6.10 Å². The second-order valence-electron chi connectivity index (χ2n) is 6.05. The summed E-state index contributed by atoms with van der Waals surface area (Å²) in [5, 5.41) is 2.01. The van der Waals surface area contributed by atoms with Crippen molar-refractivity contribution in [3.05, 3.63) is 39.3 Å². The minimum absolute atomic E-state index is 0.0463. The van der Waals surface area contributed by atoms with Gasteiger partial charge in [0.15, 0.2) is 0 Å². The summed E-state index contributed by atoms with van der Waals surface area (Å²) in [6.07, 6.45) is 1.81. The highest BCUT2D eigenvalue weighted by Crippen LogP contribution is 2.21. The van der Waals surface area contributed by atoms with Crippen molar-refractivity contribution < 1.29 is 9.53 Å². The summed E-state index contributed by atoms with van der Waals surface area (Å²) in [7, 11) is 0. The van der Waals surface area contributed by atoms with Gasteiger partial charge in [-0.1, -0.05) is 0 Å². The predicted molar refractivity (Wildman–Crippen MR) is 90.1 cm³/mol. The highest BCUT2D eigenvalue weighted by molar-refractivity contribution is 7.12. The van der Waals surface area contributed by atoms with E-state index < -0.39 is 0 Å². The van der Waals surface area contributed by atoms with Gasteiger partial charge in [0.05, 0.1) is 11.4 Å². The van der Waals surface area contributed by atoms with E-state index in [1.54, 1.807) is 0 Å². The number of aromatic nitrogens is 2. The number of piperidine rings is 1. The van der Waals surface area contributed by atoms with Gasteiger partial charge in [-0.3, -0.25) is 4.79 Å². The minimum atomic E-state index is -0.0463. The van der Waals surface area contributed by atoms with Crippen molar-refractivity contribution in [3.63, 3.8) is 0 Å². The van der Waals surface area contributed by atoms with E-state index in [1.807, 2.05) is 43.2 Å². The number of hydrogen-bond acceptors (Lipinski definition) is 5. The third-order valence-electron chi connectivity index (χ3n) is 3.84. The molecule has 0 spiro atoms. The molecule has 1 atom stereocenters. The second kappa shape index (κ2) is 6.66.